The first-order valence-electron chi connectivity index (χ1n) is 10.6. The maximum Gasteiger partial charge on any atom is 0.272 e. The molecule has 0 radical (unpaired) electrons. The van der Waals surface area contributed by atoms with Crippen molar-refractivity contribution in [3.8, 4) is 0 Å². The molecule has 158 valence electrons. The van der Waals surface area contributed by atoms with Gasteiger partial charge in [0.25, 0.3) is 11.8 Å². The number of hydrogen-bond donors (Lipinski definition) is 1. The van der Waals surface area contributed by atoms with E-state index in [0.29, 0.717) is 12.1 Å². The number of aryl methyl sites for hydroxylation is 1. The minimum absolute atomic E-state index is 0.0208. The van der Waals surface area contributed by atoms with E-state index in [1.54, 1.807) is 35.3 Å². The molecule has 1 aliphatic rings. The highest BCUT2D eigenvalue weighted by Gasteiger charge is 2.31. The van der Waals surface area contributed by atoms with Gasteiger partial charge in [0.15, 0.2) is 0 Å². The van der Waals surface area contributed by atoms with E-state index in [0.717, 1.165) is 46.3 Å². The number of nitrogens with zero attached hydrogens (tertiary/aromatic N) is 3. The van der Waals surface area contributed by atoms with E-state index >= 15 is 0 Å². The number of aromatic nitrogens is 2. The van der Waals surface area contributed by atoms with Gasteiger partial charge >= 0.3 is 0 Å². The zero-order chi connectivity index (χ0) is 21.3. The van der Waals surface area contributed by atoms with Crippen LogP contribution < -0.4 is 5.32 Å². The number of fused-ring (bicyclic) bond motifs is 1. The van der Waals surface area contributed by atoms with Gasteiger partial charge in [-0.15, -0.1) is 11.3 Å². The smallest absolute Gasteiger partial charge is 0.272 e. The van der Waals surface area contributed by atoms with Crippen LogP contribution in [0.3, 0.4) is 0 Å². The van der Waals surface area contributed by atoms with E-state index in [9.17, 15) is 9.59 Å². The van der Waals surface area contributed by atoms with E-state index in [-0.39, 0.29) is 23.9 Å². The molecule has 0 saturated carbocycles. The molecule has 0 bridgehead atoms. The normalized spacial score (nSPS) is 16.9. The summed E-state index contributed by atoms with van der Waals surface area (Å²) in [5.41, 5.74) is 1.67. The van der Waals surface area contributed by atoms with Gasteiger partial charge in [0.05, 0.1) is 4.88 Å². The van der Waals surface area contributed by atoms with E-state index in [2.05, 4.69) is 22.5 Å². The fourth-order valence-electron chi connectivity index (χ4n) is 4.26. The molecule has 3 heterocycles. The SMILES string of the molecule is CC(C)NC(=O)c1sc2ccccc2c1C[C@@H]1CCCCN1C(=O)c1ccnn1C. The Hall–Kier alpha value is -2.67. The molecule has 0 unspecified atom stereocenters. The first kappa shape index (κ1) is 20.6. The highest BCUT2D eigenvalue weighted by molar-refractivity contribution is 7.21. The van der Waals surface area contributed by atoms with E-state index in [1.165, 1.54) is 0 Å². The van der Waals surface area contributed by atoms with Gasteiger partial charge in [-0.05, 0) is 62.6 Å². The van der Waals surface area contributed by atoms with Crippen molar-refractivity contribution in [3.63, 3.8) is 0 Å². The Balaban J connectivity index is 1.68. The van der Waals surface area contributed by atoms with Crippen LogP contribution in [0.1, 0.15) is 58.8 Å². The van der Waals surface area contributed by atoms with E-state index in [4.69, 9.17) is 0 Å². The Bertz CT molecular complexity index is 1070. The Labute approximate surface area is 180 Å². The van der Waals surface area contributed by atoms with Crippen molar-refractivity contribution in [3.05, 3.63) is 52.7 Å². The van der Waals surface area contributed by atoms with Gasteiger partial charge < -0.3 is 10.2 Å². The van der Waals surface area contributed by atoms with Crippen molar-refractivity contribution in [2.24, 2.45) is 7.05 Å². The molecule has 0 spiro atoms. The average molecular weight is 425 g/mol. The van der Waals surface area contributed by atoms with Crippen molar-refractivity contribution in [2.45, 2.75) is 51.6 Å². The second-order valence-electron chi connectivity index (χ2n) is 8.23. The van der Waals surface area contributed by atoms with Gasteiger partial charge in [-0.2, -0.15) is 5.10 Å². The van der Waals surface area contributed by atoms with Gasteiger partial charge in [0, 0.05) is 36.6 Å². The number of carbonyl (C=O) groups is 2. The summed E-state index contributed by atoms with van der Waals surface area (Å²) in [6.07, 6.45) is 5.39. The number of likely N-dealkylation sites (tertiary alicyclic amines) is 1. The minimum Gasteiger partial charge on any atom is -0.349 e. The Morgan fingerprint density at radius 2 is 2.03 bits per heavy atom. The van der Waals surface area contributed by atoms with Crippen molar-refractivity contribution in [1.82, 2.24) is 20.0 Å². The number of carbonyl (C=O) groups excluding carboxylic acids is 2. The molecule has 2 aromatic heterocycles. The van der Waals surface area contributed by atoms with Crippen LogP contribution in [0.2, 0.25) is 0 Å². The molecule has 4 rings (SSSR count). The number of rotatable bonds is 5. The lowest BCUT2D eigenvalue weighted by Crippen LogP contribution is -2.45. The summed E-state index contributed by atoms with van der Waals surface area (Å²) in [5.74, 6) is -0.00561. The van der Waals surface area contributed by atoms with Crippen LogP contribution >= 0.6 is 11.3 Å². The standard InChI is InChI=1S/C23H28N4O2S/c1-15(2)25-22(28)21-18(17-9-4-5-10-20(17)30-21)14-16-8-6-7-13-27(16)23(29)19-11-12-24-26(19)3/h4-5,9-12,15-16H,6-8,13-14H2,1-3H3,(H,25,28)/t16-/m0/s1. The third kappa shape index (κ3) is 3.99. The summed E-state index contributed by atoms with van der Waals surface area (Å²) < 4.78 is 2.75. The molecule has 1 aromatic carbocycles. The molecule has 30 heavy (non-hydrogen) atoms. The lowest BCUT2D eigenvalue weighted by molar-refractivity contribution is 0.0602. The fraction of sp³-hybridized carbons (Fsp3) is 0.435. The topological polar surface area (TPSA) is 67.2 Å². The number of benzene rings is 1. The fourth-order valence-corrected chi connectivity index (χ4v) is 5.40. The van der Waals surface area contributed by atoms with Crippen LogP contribution in [0.4, 0.5) is 0 Å². The lowest BCUT2D eigenvalue weighted by Gasteiger charge is -2.36. The molecule has 1 fully saturated rings. The highest BCUT2D eigenvalue weighted by Crippen LogP contribution is 2.34. The van der Waals surface area contributed by atoms with Crippen molar-refractivity contribution in [1.29, 1.82) is 0 Å². The molecule has 1 N–H and O–H groups in total. The van der Waals surface area contributed by atoms with Crippen molar-refractivity contribution < 1.29 is 9.59 Å². The summed E-state index contributed by atoms with van der Waals surface area (Å²) in [7, 11) is 1.80. The molecular formula is C23H28N4O2S. The van der Waals surface area contributed by atoms with Crippen molar-refractivity contribution in [2.75, 3.05) is 6.54 Å². The second kappa shape index (κ2) is 8.60. The third-order valence-corrected chi connectivity index (χ3v) is 6.90. The number of piperidine rings is 1. The quantitative estimate of drug-likeness (QED) is 0.673. The zero-order valence-corrected chi connectivity index (χ0v) is 18.5. The number of amides is 2. The first-order chi connectivity index (χ1) is 14.5. The van der Waals surface area contributed by atoms with Crippen LogP contribution in [-0.4, -0.2) is 45.1 Å². The Kier molecular flexibility index (Phi) is 5.90. The molecule has 1 saturated heterocycles. The van der Waals surface area contributed by atoms with Crippen LogP contribution in [0.15, 0.2) is 36.5 Å². The summed E-state index contributed by atoms with van der Waals surface area (Å²) in [6, 6.07) is 10.1. The molecular weight excluding hydrogens is 396 g/mol. The van der Waals surface area contributed by atoms with Gasteiger partial charge in [-0.25, -0.2) is 0 Å². The van der Waals surface area contributed by atoms with E-state index < -0.39 is 0 Å². The zero-order valence-electron chi connectivity index (χ0n) is 17.7. The first-order valence-corrected chi connectivity index (χ1v) is 11.4. The summed E-state index contributed by atoms with van der Waals surface area (Å²) in [4.78, 5) is 28.9. The Morgan fingerprint density at radius 3 is 2.77 bits per heavy atom. The second-order valence-corrected chi connectivity index (χ2v) is 9.28. The largest absolute Gasteiger partial charge is 0.349 e. The molecule has 3 aromatic rings. The van der Waals surface area contributed by atoms with Gasteiger partial charge in [0.2, 0.25) is 0 Å². The molecule has 2 amide bonds. The van der Waals surface area contributed by atoms with Gasteiger partial charge in [0.1, 0.15) is 5.69 Å². The molecule has 7 heteroatoms. The number of nitrogens with one attached hydrogen (secondary N) is 1. The summed E-state index contributed by atoms with van der Waals surface area (Å²) in [5, 5.41) is 8.32. The summed E-state index contributed by atoms with van der Waals surface area (Å²) in [6.45, 7) is 4.69. The maximum atomic E-state index is 13.2. The monoisotopic (exact) mass is 424 g/mol. The average Bonchev–Trinajstić information content (AvgIpc) is 3.31. The molecule has 0 aliphatic carbocycles. The maximum absolute atomic E-state index is 13.2. The molecule has 1 atom stereocenters. The predicted molar refractivity (Wildman–Crippen MR) is 120 cm³/mol. The minimum atomic E-state index is -0.0264. The van der Waals surface area contributed by atoms with Gasteiger partial charge in [-0.1, -0.05) is 18.2 Å². The number of hydrogen-bond acceptors (Lipinski definition) is 4. The third-order valence-electron chi connectivity index (χ3n) is 5.69. The molecule has 1 aliphatic heterocycles. The Morgan fingerprint density at radius 1 is 1.23 bits per heavy atom. The van der Waals surface area contributed by atoms with Crippen LogP contribution in [0, 0.1) is 0 Å². The predicted octanol–water partition coefficient (Wildman–Crippen LogP) is 4.01. The van der Waals surface area contributed by atoms with E-state index in [1.807, 2.05) is 30.9 Å². The van der Waals surface area contributed by atoms with Crippen LogP contribution in [-0.2, 0) is 13.5 Å². The highest BCUT2D eigenvalue weighted by atomic mass is 32.1. The lowest BCUT2D eigenvalue weighted by atomic mass is 9.93. The van der Waals surface area contributed by atoms with Gasteiger partial charge in [-0.3, -0.25) is 14.3 Å². The molecule has 6 nitrogen and oxygen atoms in total. The van der Waals surface area contributed by atoms with Crippen LogP contribution in [0.25, 0.3) is 10.1 Å². The van der Waals surface area contributed by atoms with Crippen LogP contribution in [0.5, 0.6) is 0 Å². The summed E-state index contributed by atoms with van der Waals surface area (Å²) >= 11 is 1.54. The van der Waals surface area contributed by atoms with Crippen molar-refractivity contribution >= 4 is 33.2 Å². The number of thiophene rings is 1.